The van der Waals surface area contributed by atoms with Crippen LogP contribution in [0.1, 0.15) is 43.7 Å². The van der Waals surface area contributed by atoms with Crippen LogP contribution in [0.4, 0.5) is 0 Å². The van der Waals surface area contributed by atoms with Gasteiger partial charge in [-0.2, -0.15) is 0 Å². The van der Waals surface area contributed by atoms with Gasteiger partial charge in [-0.25, -0.2) is 0 Å². The predicted molar refractivity (Wildman–Crippen MR) is 116 cm³/mol. The standard InChI is InChI=1S/C26H26O4/c1-3-4-5-14-21-23(24(27)29-2)26(25(28)30-21)15-20-16-10-6-8-12-18(16)22(26)19-13-9-7-11-17(19)20/h6-13,21,23H,3-5,14-15H2,1-2H3/t21-,23+,26-/m0/s1. The Morgan fingerprint density at radius 3 is 2.20 bits per heavy atom. The topological polar surface area (TPSA) is 52.6 Å². The molecule has 0 radical (unpaired) electrons. The Morgan fingerprint density at radius 1 is 1.03 bits per heavy atom. The first-order valence-corrected chi connectivity index (χ1v) is 10.8. The molecule has 3 atom stereocenters. The highest BCUT2D eigenvalue weighted by Crippen LogP contribution is 2.56. The molecule has 0 N–H and O–H groups in total. The number of hydrogen-bond donors (Lipinski definition) is 0. The third-order valence-corrected chi connectivity index (χ3v) is 7.02. The molecule has 0 aromatic heterocycles. The number of esters is 2. The van der Waals surface area contributed by atoms with Gasteiger partial charge in [-0.3, -0.25) is 9.59 Å². The number of methoxy groups -OCH3 is 1. The van der Waals surface area contributed by atoms with Gasteiger partial charge in [0, 0.05) is 0 Å². The van der Waals surface area contributed by atoms with E-state index >= 15 is 0 Å². The van der Waals surface area contributed by atoms with Crippen LogP contribution in [0.25, 0.3) is 21.5 Å². The van der Waals surface area contributed by atoms with E-state index in [1.807, 2.05) is 24.3 Å². The van der Waals surface area contributed by atoms with Crippen LogP contribution in [0, 0.1) is 5.92 Å². The van der Waals surface area contributed by atoms with E-state index in [4.69, 9.17) is 9.47 Å². The van der Waals surface area contributed by atoms with E-state index in [0.717, 1.165) is 51.9 Å². The second kappa shape index (κ2) is 7.12. The normalized spacial score (nSPS) is 24.7. The van der Waals surface area contributed by atoms with Crippen LogP contribution < -0.4 is 0 Å². The Morgan fingerprint density at radius 2 is 1.63 bits per heavy atom. The minimum absolute atomic E-state index is 0.282. The number of hydrogen-bond acceptors (Lipinski definition) is 4. The first kappa shape index (κ1) is 19.1. The van der Waals surface area contributed by atoms with Gasteiger partial charge < -0.3 is 9.47 Å². The Bertz CT molecular complexity index is 1110. The summed E-state index contributed by atoms with van der Waals surface area (Å²) in [5, 5.41) is 4.39. The summed E-state index contributed by atoms with van der Waals surface area (Å²) in [6.45, 7) is 2.14. The summed E-state index contributed by atoms with van der Waals surface area (Å²) in [6.07, 6.45) is 3.78. The Hall–Kier alpha value is -2.88. The van der Waals surface area contributed by atoms with Crippen LogP contribution in [0.3, 0.4) is 0 Å². The molecule has 4 heteroatoms. The number of cyclic esters (lactones) is 1. The van der Waals surface area contributed by atoms with Crippen molar-refractivity contribution in [3.63, 3.8) is 0 Å². The van der Waals surface area contributed by atoms with Gasteiger partial charge in [0.05, 0.1) is 7.11 Å². The average molecular weight is 402 g/mol. The fraction of sp³-hybridized carbons (Fsp3) is 0.385. The molecule has 1 spiro atoms. The first-order valence-electron chi connectivity index (χ1n) is 10.8. The highest BCUT2D eigenvalue weighted by Gasteiger charge is 2.64. The van der Waals surface area contributed by atoms with Gasteiger partial charge in [0.25, 0.3) is 0 Å². The molecule has 3 aromatic carbocycles. The predicted octanol–water partition coefficient (Wildman–Crippen LogP) is 5.08. The highest BCUT2D eigenvalue weighted by atomic mass is 16.6. The Balaban J connectivity index is 1.78. The van der Waals surface area contributed by atoms with Crippen molar-refractivity contribution in [1.29, 1.82) is 0 Å². The van der Waals surface area contributed by atoms with Crippen molar-refractivity contribution in [2.24, 2.45) is 5.92 Å². The van der Waals surface area contributed by atoms with Crippen LogP contribution in [0.15, 0.2) is 48.5 Å². The van der Waals surface area contributed by atoms with Crippen LogP contribution in [0.5, 0.6) is 0 Å². The smallest absolute Gasteiger partial charge is 0.318 e. The second-order valence-electron chi connectivity index (χ2n) is 8.53. The summed E-state index contributed by atoms with van der Waals surface area (Å²) in [6, 6.07) is 16.4. The van der Waals surface area contributed by atoms with Crippen LogP contribution in [-0.2, 0) is 30.9 Å². The van der Waals surface area contributed by atoms with E-state index in [2.05, 4.69) is 31.2 Å². The lowest BCUT2D eigenvalue weighted by atomic mass is 9.59. The van der Waals surface area contributed by atoms with Crippen molar-refractivity contribution < 1.29 is 19.1 Å². The van der Waals surface area contributed by atoms with E-state index in [1.54, 1.807) is 0 Å². The van der Waals surface area contributed by atoms with E-state index in [0.29, 0.717) is 12.8 Å². The third-order valence-electron chi connectivity index (χ3n) is 7.02. The number of unbranched alkanes of at least 4 members (excludes halogenated alkanes) is 2. The number of rotatable bonds is 5. The van der Waals surface area contributed by atoms with Crippen LogP contribution in [0.2, 0.25) is 0 Å². The molecule has 1 fully saturated rings. The number of carbonyl (C=O) groups excluding carboxylic acids is 2. The molecule has 0 saturated carbocycles. The average Bonchev–Trinajstić information content (AvgIpc) is 3.04. The van der Waals surface area contributed by atoms with Crippen molar-refractivity contribution >= 4 is 33.5 Å². The number of benzene rings is 3. The van der Waals surface area contributed by atoms with Crippen LogP contribution >= 0.6 is 0 Å². The summed E-state index contributed by atoms with van der Waals surface area (Å²) < 4.78 is 11.2. The SMILES string of the molecule is CCCCC[C@@H]1OC(=O)[C@]2(Cc3c4ccccc4c2c2ccccc32)[C@H]1C(=O)OC. The molecule has 154 valence electrons. The van der Waals surface area contributed by atoms with Crippen molar-refractivity contribution in [2.75, 3.05) is 7.11 Å². The van der Waals surface area contributed by atoms with E-state index in [-0.39, 0.29) is 11.9 Å². The molecule has 0 unspecified atom stereocenters. The molecule has 2 aliphatic carbocycles. The molecule has 3 aliphatic rings. The quantitative estimate of drug-likeness (QED) is 0.339. The van der Waals surface area contributed by atoms with Gasteiger partial charge in [-0.15, -0.1) is 0 Å². The molecule has 1 saturated heterocycles. The molecule has 1 heterocycles. The lowest BCUT2D eigenvalue weighted by Gasteiger charge is -2.39. The molecule has 6 rings (SSSR count). The fourth-order valence-corrected chi connectivity index (χ4v) is 5.75. The maximum absolute atomic E-state index is 13.6. The van der Waals surface area contributed by atoms with Gasteiger partial charge >= 0.3 is 11.9 Å². The van der Waals surface area contributed by atoms with Crippen molar-refractivity contribution in [1.82, 2.24) is 0 Å². The lowest BCUT2D eigenvalue weighted by Crippen LogP contribution is -2.48. The molecule has 30 heavy (non-hydrogen) atoms. The number of carbonyl (C=O) groups is 2. The molecular formula is C26H26O4. The third kappa shape index (κ3) is 2.46. The van der Waals surface area contributed by atoms with Gasteiger partial charge in [0.2, 0.25) is 0 Å². The zero-order valence-electron chi connectivity index (χ0n) is 17.4. The zero-order chi connectivity index (χ0) is 20.9. The second-order valence-corrected chi connectivity index (χ2v) is 8.53. The minimum atomic E-state index is -1.01. The Kier molecular flexibility index (Phi) is 4.53. The summed E-state index contributed by atoms with van der Waals surface area (Å²) in [7, 11) is 1.41. The monoisotopic (exact) mass is 402 g/mol. The minimum Gasteiger partial charge on any atom is -0.469 e. The van der Waals surface area contributed by atoms with Gasteiger partial charge in [0.15, 0.2) is 0 Å². The van der Waals surface area contributed by atoms with Crippen molar-refractivity contribution in [3.8, 4) is 0 Å². The van der Waals surface area contributed by atoms with Crippen LogP contribution in [-0.4, -0.2) is 25.2 Å². The van der Waals surface area contributed by atoms with E-state index in [1.165, 1.54) is 7.11 Å². The van der Waals surface area contributed by atoms with Gasteiger partial charge in [0.1, 0.15) is 17.4 Å². The molecule has 3 aromatic rings. The molecule has 0 amide bonds. The Labute approximate surface area is 176 Å². The molecule has 2 bridgehead atoms. The number of ether oxygens (including phenoxy) is 2. The maximum Gasteiger partial charge on any atom is 0.318 e. The van der Waals surface area contributed by atoms with E-state index in [9.17, 15) is 9.59 Å². The summed E-state index contributed by atoms with van der Waals surface area (Å²) in [5.74, 6) is -1.26. The molecular weight excluding hydrogens is 376 g/mol. The largest absolute Gasteiger partial charge is 0.469 e. The van der Waals surface area contributed by atoms with Gasteiger partial charge in [-0.1, -0.05) is 68.3 Å². The molecule has 4 nitrogen and oxygen atoms in total. The zero-order valence-corrected chi connectivity index (χ0v) is 17.4. The fourth-order valence-electron chi connectivity index (χ4n) is 5.75. The molecule has 1 aliphatic heterocycles. The lowest BCUT2D eigenvalue weighted by molar-refractivity contribution is -0.149. The first-order chi connectivity index (χ1) is 14.6. The summed E-state index contributed by atoms with van der Waals surface area (Å²) >= 11 is 0. The van der Waals surface area contributed by atoms with Crippen molar-refractivity contribution in [2.45, 2.75) is 50.5 Å². The highest BCUT2D eigenvalue weighted by molar-refractivity contribution is 6.14. The van der Waals surface area contributed by atoms with Gasteiger partial charge in [-0.05, 0) is 51.9 Å². The van der Waals surface area contributed by atoms with E-state index < -0.39 is 17.4 Å². The summed E-state index contributed by atoms with van der Waals surface area (Å²) in [4.78, 5) is 26.7. The maximum atomic E-state index is 13.6. The summed E-state index contributed by atoms with van der Waals surface area (Å²) in [5.41, 5.74) is 1.04. The van der Waals surface area contributed by atoms with Crippen molar-refractivity contribution in [3.05, 3.63) is 59.7 Å².